The van der Waals surface area contributed by atoms with Crippen LogP contribution in [0.15, 0.2) is 0 Å². The van der Waals surface area contributed by atoms with Crippen LogP contribution < -0.4 is 0 Å². The van der Waals surface area contributed by atoms with Gasteiger partial charge in [0, 0.05) is 24.2 Å². The van der Waals surface area contributed by atoms with Crippen LogP contribution in [0.4, 0.5) is 0 Å². The topological polar surface area (TPSA) is 20.2 Å². The molecule has 2 unspecified atom stereocenters. The van der Waals surface area contributed by atoms with Crippen LogP contribution in [0.2, 0.25) is 0 Å². The van der Waals surface area contributed by atoms with Gasteiger partial charge in [0.05, 0.1) is 0 Å². The van der Waals surface area contributed by atoms with Gasteiger partial charge in [-0.1, -0.05) is 0 Å². The molecule has 2 atom stereocenters. The maximum absolute atomic E-state index is 7.00. The van der Waals surface area contributed by atoms with E-state index in [1.807, 2.05) is 0 Å². The molecular formula is CH10CuOP2. The standard InChI is InChI=1S/CH4O.Cu.2H3P/c1-2;;;/h2H,1H3;;2*1H3. The van der Waals surface area contributed by atoms with Gasteiger partial charge in [-0.05, 0) is 0 Å². The Morgan fingerprint density at radius 3 is 1.00 bits per heavy atom. The molecule has 5 heavy (non-hydrogen) atoms. The van der Waals surface area contributed by atoms with E-state index in [-0.39, 0.29) is 36.9 Å². The third-order valence-corrected chi connectivity index (χ3v) is 0. The van der Waals surface area contributed by atoms with E-state index < -0.39 is 0 Å². The van der Waals surface area contributed by atoms with Crippen molar-refractivity contribution in [3.63, 3.8) is 0 Å². The molecule has 41 valence electrons. The first-order valence-electron chi connectivity index (χ1n) is 0.447. The number of aliphatic hydroxyl groups excluding tert-OH is 1. The van der Waals surface area contributed by atoms with Gasteiger partial charge in [0.2, 0.25) is 0 Å². The molecule has 0 fully saturated rings. The first kappa shape index (κ1) is 33.0. The normalized spacial score (nSPS) is 1.20. The average Bonchev–Trinajstić information content (AvgIpc) is 1.00. The van der Waals surface area contributed by atoms with E-state index in [4.69, 9.17) is 5.11 Å². The summed E-state index contributed by atoms with van der Waals surface area (Å²) in [5, 5.41) is 7.00. The van der Waals surface area contributed by atoms with E-state index in [1.165, 1.54) is 0 Å². The molecule has 0 aliphatic heterocycles. The first-order chi connectivity index (χ1) is 1.00. The Hall–Kier alpha value is 1.34. The minimum atomic E-state index is 0. The monoisotopic (exact) mass is 163 g/mol. The molecule has 0 aromatic carbocycles. The Morgan fingerprint density at radius 1 is 1.00 bits per heavy atom. The zero-order valence-electron chi connectivity index (χ0n) is 3.16. The van der Waals surface area contributed by atoms with Crippen molar-refractivity contribution >= 4 is 19.8 Å². The molecule has 0 aromatic heterocycles. The van der Waals surface area contributed by atoms with Gasteiger partial charge in [0.25, 0.3) is 0 Å². The fourth-order valence-electron chi connectivity index (χ4n) is 0. The van der Waals surface area contributed by atoms with Crippen molar-refractivity contribution in [3.8, 4) is 0 Å². The molecule has 0 bridgehead atoms. The Bertz CT molecular complexity index is 9.61. The Labute approximate surface area is 49.6 Å². The molecule has 0 aliphatic carbocycles. The summed E-state index contributed by atoms with van der Waals surface area (Å²) in [6, 6.07) is 0. The fraction of sp³-hybridized carbons (Fsp3) is 1.00. The van der Waals surface area contributed by atoms with Crippen molar-refractivity contribution in [2.45, 2.75) is 0 Å². The van der Waals surface area contributed by atoms with Gasteiger partial charge in [-0.25, -0.2) is 0 Å². The molecule has 0 rings (SSSR count). The van der Waals surface area contributed by atoms with E-state index in [0.717, 1.165) is 7.11 Å². The minimum Gasteiger partial charge on any atom is -0.400 e. The van der Waals surface area contributed by atoms with E-state index in [2.05, 4.69) is 0 Å². The zero-order valence-corrected chi connectivity index (χ0v) is 6.93. The summed E-state index contributed by atoms with van der Waals surface area (Å²) >= 11 is 0. The quantitative estimate of drug-likeness (QED) is 0.385. The molecule has 0 saturated heterocycles. The second-order valence-corrected chi connectivity index (χ2v) is 0. The van der Waals surface area contributed by atoms with Gasteiger partial charge in [-0.2, -0.15) is 19.8 Å². The van der Waals surface area contributed by atoms with E-state index in [0.29, 0.717) is 0 Å². The third-order valence-electron chi connectivity index (χ3n) is 0. The molecule has 0 amide bonds. The molecule has 1 radical (unpaired) electrons. The molecule has 0 spiro atoms. The fourth-order valence-corrected chi connectivity index (χ4v) is 0. The van der Waals surface area contributed by atoms with Crippen molar-refractivity contribution in [1.29, 1.82) is 0 Å². The summed E-state index contributed by atoms with van der Waals surface area (Å²) in [6.07, 6.45) is 0. The van der Waals surface area contributed by atoms with Crippen molar-refractivity contribution in [2.75, 3.05) is 7.11 Å². The van der Waals surface area contributed by atoms with Crippen molar-refractivity contribution in [1.82, 2.24) is 0 Å². The first-order valence-corrected chi connectivity index (χ1v) is 0.447. The Kier molecular flexibility index (Phi) is 370. The summed E-state index contributed by atoms with van der Waals surface area (Å²) in [4.78, 5) is 0. The van der Waals surface area contributed by atoms with Crippen LogP contribution >= 0.6 is 19.8 Å². The second-order valence-electron chi connectivity index (χ2n) is 0. The van der Waals surface area contributed by atoms with Crippen LogP contribution in [0.5, 0.6) is 0 Å². The predicted molar refractivity (Wildman–Crippen MR) is 30.4 cm³/mol. The van der Waals surface area contributed by atoms with E-state index in [9.17, 15) is 0 Å². The molecule has 0 heterocycles. The Balaban J connectivity index is -0.00000000167. The largest absolute Gasteiger partial charge is 0.400 e. The SMILES string of the molecule is CO.P.P.[Cu]. The van der Waals surface area contributed by atoms with Crippen LogP contribution in [0.3, 0.4) is 0 Å². The summed E-state index contributed by atoms with van der Waals surface area (Å²) in [5.74, 6) is 0. The van der Waals surface area contributed by atoms with Crippen molar-refractivity contribution in [2.24, 2.45) is 0 Å². The second kappa shape index (κ2) is 56.0. The summed E-state index contributed by atoms with van der Waals surface area (Å²) < 4.78 is 0. The summed E-state index contributed by atoms with van der Waals surface area (Å²) in [6.45, 7) is 0. The van der Waals surface area contributed by atoms with E-state index in [1.54, 1.807) is 0 Å². The van der Waals surface area contributed by atoms with Crippen LogP contribution in [-0.2, 0) is 17.1 Å². The van der Waals surface area contributed by atoms with Gasteiger partial charge >= 0.3 is 0 Å². The third kappa shape index (κ3) is 33.2. The van der Waals surface area contributed by atoms with Gasteiger partial charge in [0.15, 0.2) is 0 Å². The van der Waals surface area contributed by atoms with Gasteiger partial charge in [0.1, 0.15) is 0 Å². The molecule has 0 aliphatic rings. The number of aliphatic hydroxyl groups is 1. The van der Waals surface area contributed by atoms with Crippen molar-refractivity contribution in [3.05, 3.63) is 0 Å². The molecule has 1 nitrogen and oxygen atoms in total. The molecule has 1 N–H and O–H groups in total. The minimum absolute atomic E-state index is 0. The molecular weight excluding hydrogens is 154 g/mol. The summed E-state index contributed by atoms with van der Waals surface area (Å²) in [5.41, 5.74) is 0. The van der Waals surface area contributed by atoms with E-state index >= 15 is 0 Å². The van der Waals surface area contributed by atoms with Crippen LogP contribution in [-0.4, -0.2) is 12.2 Å². The molecule has 0 saturated carbocycles. The Morgan fingerprint density at radius 2 is 1.00 bits per heavy atom. The average molecular weight is 164 g/mol. The molecule has 0 aromatic rings. The van der Waals surface area contributed by atoms with Crippen LogP contribution in [0.25, 0.3) is 0 Å². The number of hydrogen-bond acceptors (Lipinski definition) is 1. The van der Waals surface area contributed by atoms with Crippen LogP contribution in [0.1, 0.15) is 0 Å². The van der Waals surface area contributed by atoms with Crippen LogP contribution in [0, 0.1) is 0 Å². The van der Waals surface area contributed by atoms with Gasteiger partial charge in [-0.3, -0.25) is 0 Å². The van der Waals surface area contributed by atoms with Gasteiger partial charge < -0.3 is 5.11 Å². The number of hydrogen-bond donors (Lipinski definition) is 1. The molecule has 4 heteroatoms. The predicted octanol–water partition coefficient (Wildman–Crippen LogP) is -0.278. The zero-order chi connectivity index (χ0) is 2.00. The smallest absolute Gasteiger partial charge is 0.0319 e. The van der Waals surface area contributed by atoms with Crippen molar-refractivity contribution < 1.29 is 22.2 Å². The summed E-state index contributed by atoms with van der Waals surface area (Å²) in [7, 11) is 1.00. The maximum Gasteiger partial charge on any atom is 0.0319 e. The number of rotatable bonds is 0. The van der Waals surface area contributed by atoms with Gasteiger partial charge in [-0.15, -0.1) is 0 Å². The maximum atomic E-state index is 7.00.